The Morgan fingerprint density at radius 3 is 2.15 bits per heavy atom. The Morgan fingerprint density at radius 2 is 1.56 bits per heavy atom. The van der Waals surface area contributed by atoms with Gasteiger partial charge in [0.15, 0.2) is 6.10 Å². The summed E-state index contributed by atoms with van der Waals surface area (Å²) in [5, 5.41) is 5.67. The standard InChI is InChI=1S/C21H26N2O4/c1-14(27-16-12-10-15(26-5)11-13-16)19(24)22-18-9-7-6-8-17(18)20(25)23-21(2,3)4/h6-14H,1-5H3,(H,22,24)(H,23,25)/t14-/m1/s1. The molecule has 27 heavy (non-hydrogen) atoms. The largest absolute Gasteiger partial charge is 0.497 e. The number of carbonyl (C=O) groups excluding carboxylic acids is 2. The van der Waals surface area contributed by atoms with Gasteiger partial charge < -0.3 is 20.1 Å². The van der Waals surface area contributed by atoms with Crippen molar-refractivity contribution in [2.75, 3.05) is 12.4 Å². The Labute approximate surface area is 159 Å². The van der Waals surface area contributed by atoms with Crippen molar-refractivity contribution in [2.45, 2.75) is 39.3 Å². The summed E-state index contributed by atoms with van der Waals surface area (Å²) in [4.78, 5) is 25.0. The van der Waals surface area contributed by atoms with Gasteiger partial charge in [-0.2, -0.15) is 0 Å². The Kier molecular flexibility index (Phi) is 6.45. The molecule has 0 aliphatic carbocycles. The lowest BCUT2D eigenvalue weighted by Crippen LogP contribution is -2.41. The molecule has 1 atom stereocenters. The van der Waals surface area contributed by atoms with E-state index in [2.05, 4.69) is 10.6 Å². The minimum Gasteiger partial charge on any atom is -0.497 e. The molecule has 2 amide bonds. The molecular weight excluding hydrogens is 344 g/mol. The van der Waals surface area contributed by atoms with Crippen molar-refractivity contribution in [3.63, 3.8) is 0 Å². The van der Waals surface area contributed by atoms with E-state index in [9.17, 15) is 9.59 Å². The van der Waals surface area contributed by atoms with Gasteiger partial charge in [-0.1, -0.05) is 12.1 Å². The molecule has 144 valence electrons. The van der Waals surface area contributed by atoms with Crippen LogP contribution < -0.4 is 20.1 Å². The first-order chi connectivity index (χ1) is 12.7. The van der Waals surface area contributed by atoms with Crippen LogP contribution in [0, 0.1) is 0 Å². The van der Waals surface area contributed by atoms with Gasteiger partial charge in [0.2, 0.25) is 0 Å². The van der Waals surface area contributed by atoms with E-state index in [0.29, 0.717) is 22.7 Å². The molecule has 0 aliphatic rings. The number of carbonyl (C=O) groups is 2. The summed E-state index contributed by atoms with van der Waals surface area (Å²) < 4.78 is 10.8. The topological polar surface area (TPSA) is 76.7 Å². The van der Waals surface area contributed by atoms with Crippen LogP contribution in [-0.2, 0) is 4.79 Å². The number of rotatable bonds is 6. The number of amides is 2. The molecule has 6 nitrogen and oxygen atoms in total. The monoisotopic (exact) mass is 370 g/mol. The maximum Gasteiger partial charge on any atom is 0.265 e. The van der Waals surface area contributed by atoms with Crippen LogP contribution in [0.2, 0.25) is 0 Å². The van der Waals surface area contributed by atoms with Crippen molar-refractivity contribution in [1.29, 1.82) is 0 Å². The number of anilines is 1. The van der Waals surface area contributed by atoms with Crippen LogP contribution in [0.4, 0.5) is 5.69 Å². The first-order valence-corrected chi connectivity index (χ1v) is 8.73. The molecule has 0 spiro atoms. The summed E-state index contributed by atoms with van der Waals surface area (Å²) in [6.45, 7) is 7.35. The Balaban J connectivity index is 2.07. The van der Waals surface area contributed by atoms with Crippen molar-refractivity contribution in [3.05, 3.63) is 54.1 Å². The first kappa shape index (κ1) is 20.3. The van der Waals surface area contributed by atoms with E-state index in [0.717, 1.165) is 0 Å². The predicted octanol–water partition coefficient (Wildman–Crippen LogP) is 3.63. The molecule has 0 bridgehead atoms. The lowest BCUT2D eigenvalue weighted by Gasteiger charge is -2.22. The quantitative estimate of drug-likeness (QED) is 0.814. The molecule has 0 unspecified atom stereocenters. The molecule has 2 aromatic carbocycles. The summed E-state index contributed by atoms with van der Waals surface area (Å²) in [7, 11) is 1.58. The molecular formula is C21H26N2O4. The number of methoxy groups -OCH3 is 1. The lowest BCUT2D eigenvalue weighted by molar-refractivity contribution is -0.122. The highest BCUT2D eigenvalue weighted by Crippen LogP contribution is 2.20. The second-order valence-electron chi connectivity index (χ2n) is 7.17. The minimum atomic E-state index is -0.739. The summed E-state index contributed by atoms with van der Waals surface area (Å²) >= 11 is 0. The average Bonchev–Trinajstić information content (AvgIpc) is 2.61. The number of ether oxygens (including phenoxy) is 2. The highest BCUT2D eigenvalue weighted by molar-refractivity contribution is 6.04. The van der Waals surface area contributed by atoms with Crippen LogP contribution in [0.3, 0.4) is 0 Å². The average molecular weight is 370 g/mol. The summed E-state index contributed by atoms with van der Waals surface area (Å²) in [6.07, 6.45) is -0.739. The van der Waals surface area contributed by atoms with Crippen LogP contribution in [-0.4, -0.2) is 30.6 Å². The molecule has 0 aromatic heterocycles. The normalized spacial score (nSPS) is 12.0. The molecule has 0 saturated carbocycles. The summed E-state index contributed by atoms with van der Waals surface area (Å²) in [6, 6.07) is 13.9. The summed E-state index contributed by atoms with van der Waals surface area (Å²) in [5.41, 5.74) is 0.464. The van der Waals surface area contributed by atoms with E-state index in [4.69, 9.17) is 9.47 Å². The van der Waals surface area contributed by atoms with E-state index >= 15 is 0 Å². The van der Waals surface area contributed by atoms with Crippen molar-refractivity contribution in [1.82, 2.24) is 5.32 Å². The molecule has 6 heteroatoms. The van der Waals surface area contributed by atoms with E-state index in [1.165, 1.54) is 0 Å². The maximum atomic E-state index is 12.5. The fourth-order valence-corrected chi connectivity index (χ4v) is 2.34. The third-order valence-corrected chi connectivity index (χ3v) is 3.66. The smallest absolute Gasteiger partial charge is 0.265 e. The fraction of sp³-hybridized carbons (Fsp3) is 0.333. The number of para-hydroxylation sites is 1. The van der Waals surface area contributed by atoms with E-state index in [-0.39, 0.29) is 17.4 Å². The third kappa shape index (κ3) is 6.02. The van der Waals surface area contributed by atoms with Gasteiger partial charge in [0.1, 0.15) is 11.5 Å². The minimum absolute atomic E-state index is 0.248. The summed E-state index contributed by atoms with van der Waals surface area (Å²) in [5.74, 6) is 0.666. The molecule has 0 saturated heterocycles. The number of benzene rings is 2. The Hall–Kier alpha value is -3.02. The molecule has 0 aliphatic heterocycles. The van der Waals surface area contributed by atoms with Gasteiger partial charge in [-0.05, 0) is 64.1 Å². The Bertz CT molecular complexity index is 795. The van der Waals surface area contributed by atoms with Crippen LogP contribution >= 0.6 is 0 Å². The highest BCUT2D eigenvalue weighted by atomic mass is 16.5. The number of hydrogen-bond donors (Lipinski definition) is 2. The third-order valence-electron chi connectivity index (χ3n) is 3.66. The Morgan fingerprint density at radius 1 is 0.963 bits per heavy atom. The highest BCUT2D eigenvalue weighted by Gasteiger charge is 2.21. The van der Waals surface area contributed by atoms with Gasteiger partial charge >= 0.3 is 0 Å². The van der Waals surface area contributed by atoms with Gasteiger partial charge in [0, 0.05) is 5.54 Å². The molecule has 2 N–H and O–H groups in total. The van der Waals surface area contributed by atoms with Crippen LogP contribution in [0.5, 0.6) is 11.5 Å². The van der Waals surface area contributed by atoms with Gasteiger partial charge in [-0.15, -0.1) is 0 Å². The van der Waals surface area contributed by atoms with Crippen molar-refractivity contribution >= 4 is 17.5 Å². The van der Waals surface area contributed by atoms with Gasteiger partial charge in [0.05, 0.1) is 18.4 Å². The van der Waals surface area contributed by atoms with Gasteiger partial charge in [0.25, 0.3) is 11.8 Å². The van der Waals surface area contributed by atoms with E-state index in [1.54, 1.807) is 62.6 Å². The SMILES string of the molecule is COc1ccc(O[C@H](C)C(=O)Nc2ccccc2C(=O)NC(C)(C)C)cc1. The van der Waals surface area contributed by atoms with Gasteiger partial charge in [-0.25, -0.2) is 0 Å². The van der Waals surface area contributed by atoms with Crippen LogP contribution in [0.25, 0.3) is 0 Å². The van der Waals surface area contributed by atoms with Crippen LogP contribution in [0.1, 0.15) is 38.1 Å². The van der Waals surface area contributed by atoms with Crippen molar-refractivity contribution in [3.8, 4) is 11.5 Å². The van der Waals surface area contributed by atoms with E-state index in [1.807, 2.05) is 20.8 Å². The first-order valence-electron chi connectivity index (χ1n) is 8.73. The fourth-order valence-electron chi connectivity index (χ4n) is 2.34. The maximum absolute atomic E-state index is 12.5. The molecule has 2 aromatic rings. The number of nitrogens with one attached hydrogen (secondary N) is 2. The zero-order valence-corrected chi connectivity index (χ0v) is 16.3. The second-order valence-corrected chi connectivity index (χ2v) is 7.17. The molecule has 2 rings (SSSR count). The van der Waals surface area contributed by atoms with E-state index < -0.39 is 6.10 Å². The van der Waals surface area contributed by atoms with Crippen molar-refractivity contribution < 1.29 is 19.1 Å². The molecule has 0 heterocycles. The molecule has 0 fully saturated rings. The van der Waals surface area contributed by atoms with Crippen LogP contribution in [0.15, 0.2) is 48.5 Å². The molecule has 0 radical (unpaired) electrons. The predicted molar refractivity (Wildman–Crippen MR) is 105 cm³/mol. The lowest BCUT2D eigenvalue weighted by atomic mass is 10.1. The number of hydrogen-bond acceptors (Lipinski definition) is 4. The zero-order chi connectivity index (χ0) is 20.0. The zero-order valence-electron chi connectivity index (χ0n) is 16.3. The van der Waals surface area contributed by atoms with Crippen molar-refractivity contribution in [2.24, 2.45) is 0 Å². The van der Waals surface area contributed by atoms with Gasteiger partial charge in [-0.3, -0.25) is 9.59 Å². The second kappa shape index (κ2) is 8.58.